The molecule has 2 N–H and O–H groups in total. The Labute approximate surface area is 122 Å². The molecule has 7 nitrogen and oxygen atoms in total. The molecular formula is C14H19NO6. The second-order valence-electron chi connectivity index (χ2n) is 4.07. The molecule has 0 unspecified atom stereocenters. The molecule has 0 radical (unpaired) electrons. The van der Waals surface area contributed by atoms with E-state index in [-0.39, 0.29) is 25.7 Å². The van der Waals surface area contributed by atoms with Gasteiger partial charge in [0.15, 0.2) is 0 Å². The molecule has 0 heterocycles. The van der Waals surface area contributed by atoms with E-state index in [1.54, 1.807) is 31.4 Å². The molecule has 7 heteroatoms. The Morgan fingerprint density at radius 1 is 1.24 bits per heavy atom. The summed E-state index contributed by atoms with van der Waals surface area (Å²) in [5, 5.41) is 11.0. The summed E-state index contributed by atoms with van der Waals surface area (Å²) >= 11 is 0. The van der Waals surface area contributed by atoms with Crippen LogP contribution in [-0.2, 0) is 14.3 Å². The van der Waals surface area contributed by atoms with Crippen molar-refractivity contribution in [3.63, 3.8) is 0 Å². The predicted octanol–water partition coefficient (Wildman–Crippen LogP) is 0.543. The third-order valence-electron chi connectivity index (χ3n) is 2.41. The summed E-state index contributed by atoms with van der Waals surface area (Å²) in [5.74, 6) is -0.727. The van der Waals surface area contributed by atoms with E-state index in [2.05, 4.69) is 5.32 Å². The van der Waals surface area contributed by atoms with Crippen LogP contribution in [0.2, 0.25) is 0 Å². The highest BCUT2D eigenvalue weighted by atomic mass is 16.5. The molecule has 0 aliphatic carbocycles. The minimum absolute atomic E-state index is 0.141. The van der Waals surface area contributed by atoms with E-state index in [4.69, 9.17) is 19.3 Å². The van der Waals surface area contributed by atoms with Gasteiger partial charge < -0.3 is 24.6 Å². The van der Waals surface area contributed by atoms with Gasteiger partial charge in [-0.25, -0.2) is 4.79 Å². The lowest BCUT2D eigenvalue weighted by Gasteiger charge is -2.08. The third kappa shape index (κ3) is 7.28. The first-order valence-electron chi connectivity index (χ1n) is 6.43. The van der Waals surface area contributed by atoms with Crippen molar-refractivity contribution in [2.45, 2.75) is 0 Å². The van der Waals surface area contributed by atoms with Crippen LogP contribution in [0.1, 0.15) is 10.4 Å². The van der Waals surface area contributed by atoms with Gasteiger partial charge in [0.05, 0.1) is 13.2 Å². The van der Waals surface area contributed by atoms with Gasteiger partial charge in [0, 0.05) is 19.2 Å². The number of ether oxygens (including phenoxy) is 3. The number of hydrogen-bond donors (Lipinski definition) is 2. The molecule has 0 atom stereocenters. The number of carbonyl (C=O) groups is 2. The first-order chi connectivity index (χ1) is 10.1. The summed E-state index contributed by atoms with van der Waals surface area (Å²) in [4.78, 5) is 22.1. The van der Waals surface area contributed by atoms with Crippen LogP contribution < -0.4 is 10.1 Å². The zero-order chi connectivity index (χ0) is 15.5. The van der Waals surface area contributed by atoms with Gasteiger partial charge in [0.25, 0.3) is 5.91 Å². The molecule has 1 rings (SSSR count). The van der Waals surface area contributed by atoms with Crippen molar-refractivity contribution in [1.29, 1.82) is 0 Å². The summed E-state index contributed by atoms with van der Waals surface area (Å²) in [6, 6.07) is 6.76. The Morgan fingerprint density at radius 2 is 2.05 bits per heavy atom. The maximum Gasteiger partial charge on any atom is 0.329 e. The van der Waals surface area contributed by atoms with Gasteiger partial charge in [-0.05, 0) is 18.2 Å². The van der Waals surface area contributed by atoms with Crippen LogP contribution in [0.4, 0.5) is 0 Å². The highest BCUT2D eigenvalue weighted by Gasteiger charge is 2.06. The van der Waals surface area contributed by atoms with Gasteiger partial charge in [-0.15, -0.1) is 0 Å². The summed E-state index contributed by atoms with van der Waals surface area (Å²) in [6.45, 7) is 0.879. The van der Waals surface area contributed by atoms with Crippen LogP contribution in [0.15, 0.2) is 24.3 Å². The van der Waals surface area contributed by atoms with Gasteiger partial charge >= 0.3 is 5.97 Å². The van der Waals surface area contributed by atoms with Gasteiger partial charge in [0.2, 0.25) is 0 Å². The van der Waals surface area contributed by atoms with Gasteiger partial charge in [-0.3, -0.25) is 4.79 Å². The number of nitrogens with one attached hydrogen (secondary N) is 1. The van der Waals surface area contributed by atoms with Gasteiger partial charge in [-0.2, -0.15) is 0 Å². The second-order valence-corrected chi connectivity index (χ2v) is 4.07. The standard InChI is InChI=1S/C14H19NO6/c1-19-7-8-21-12-4-2-3-11(9-12)14(18)15-5-6-20-10-13(16)17/h2-4,9H,5-8,10H2,1H3,(H,15,18)(H,16,17). The average molecular weight is 297 g/mol. The van der Waals surface area contributed by atoms with Crippen molar-refractivity contribution >= 4 is 11.9 Å². The van der Waals surface area contributed by atoms with E-state index in [1.807, 2.05) is 0 Å². The molecule has 0 aliphatic heterocycles. The van der Waals surface area contributed by atoms with Crippen LogP contribution in [0.3, 0.4) is 0 Å². The Balaban J connectivity index is 2.36. The molecule has 21 heavy (non-hydrogen) atoms. The van der Waals surface area contributed by atoms with Crippen molar-refractivity contribution in [2.75, 3.05) is 40.1 Å². The number of benzene rings is 1. The molecule has 1 amide bonds. The van der Waals surface area contributed by atoms with Gasteiger partial charge in [0.1, 0.15) is 19.0 Å². The van der Waals surface area contributed by atoms with Crippen LogP contribution in [-0.4, -0.2) is 57.1 Å². The first kappa shape index (κ1) is 16.9. The van der Waals surface area contributed by atoms with Crippen LogP contribution in [0.5, 0.6) is 5.75 Å². The average Bonchev–Trinajstić information content (AvgIpc) is 2.47. The molecule has 116 valence electrons. The molecule has 1 aromatic rings. The van der Waals surface area contributed by atoms with E-state index >= 15 is 0 Å². The fourth-order valence-electron chi connectivity index (χ4n) is 1.47. The molecule has 0 spiro atoms. The zero-order valence-electron chi connectivity index (χ0n) is 11.8. The summed E-state index contributed by atoms with van der Waals surface area (Å²) in [6.07, 6.45) is 0. The fraction of sp³-hybridized carbons (Fsp3) is 0.429. The van der Waals surface area contributed by atoms with Crippen molar-refractivity contribution in [2.24, 2.45) is 0 Å². The second kappa shape index (κ2) is 9.73. The topological polar surface area (TPSA) is 94.1 Å². The molecule has 0 aromatic heterocycles. The minimum atomic E-state index is -1.04. The Bertz CT molecular complexity index is 463. The number of amides is 1. The molecule has 0 bridgehead atoms. The molecular weight excluding hydrogens is 278 g/mol. The summed E-state index contributed by atoms with van der Waals surface area (Å²) in [5.41, 5.74) is 0.461. The normalized spacial score (nSPS) is 10.1. The molecule has 0 saturated carbocycles. The zero-order valence-corrected chi connectivity index (χ0v) is 11.8. The van der Waals surface area contributed by atoms with E-state index in [9.17, 15) is 9.59 Å². The van der Waals surface area contributed by atoms with E-state index in [0.29, 0.717) is 24.5 Å². The lowest BCUT2D eigenvalue weighted by Crippen LogP contribution is -2.27. The van der Waals surface area contributed by atoms with Crippen molar-refractivity contribution in [1.82, 2.24) is 5.32 Å². The molecule has 0 saturated heterocycles. The van der Waals surface area contributed by atoms with Crippen molar-refractivity contribution < 1.29 is 28.9 Å². The lowest BCUT2D eigenvalue weighted by molar-refractivity contribution is -0.142. The highest BCUT2D eigenvalue weighted by Crippen LogP contribution is 2.13. The van der Waals surface area contributed by atoms with Crippen molar-refractivity contribution in [3.8, 4) is 5.75 Å². The van der Waals surface area contributed by atoms with E-state index in [1.165, 1.54) is 0 Å². The quantitative estimate of drug-likeness (QED) is 0.612. The van der Waals surface area contributed by atoms with E-state index in [0.717, 1.165) is 0 Å². The summed E-state index contributed by atoms with van der Waals surface area (Å²) < 4.78 is 15.1. The monoisotopic (exact) mass is 297 g/mol. The maximum atomic E-state index is 11.9. The smallest absolute Gasteiger partial charge is 0.329 e. The number of carboxylic acid groups (broad SMARTS) is 1. The van der Waals surface area contributed by atoms with E-state index < -0.39 is 5.97 Å². The number of carboxylic acids is 1. The van der Waals surface area contributed by atoms with Gasteiger partial charge in [-0.1, -0.05) is 6.07 Å². The Kier molecular flexibility index (Phi) is 7.85. The minimum Gasteiger partial charge on any atom is -0.491 e. The predicted molar refractivity (Wildman–Crippen MR) is 74.6 cm³/mol. The number of rotatable bonds is 10. The maximum absolute atomic E-state index is 11.9. The Morgan fingerprint density at radius 3 is 2.76 bits per heavy atom. The third-order valence-corrected chi connectivity index (χ3v) is 2.41. The number of carbonyl (C=O) groups excluding carboxylic acids is 1. The summed E-state index contributed by atoms with van der Waals surface area (Å²) in [7, 11) is 1.58. The number of aliphatic carboxylic acids is 1. The lowest BCUT2D eigenvalue weighted by atomic mass is 10.2. The molecule has 0 fully saturated rings. The van der Waals surface area contributed by atoms with Crippen LogP contribution >= 0.6 is 0 Å². The number of methoxy groups -OCH3 is 1. The molecule has 1 aromatic carbocycles. The first-order valence-corrected chi connectivity index (χ1v) is 6.43. The Hall–Kier alpha value is -2.12. The van der Waals surface area contributed by atoms with Crippen LogP contribution in [0, 0.1) is 0 Å². The fourth-order valence-corrected chi connectivity index (χ4v) is 1.47. The van der Waals surface area contributed by atoms with Crippen molar-refractivity contribution in [3.05, 3.63) is 29.8 Å². The largest absolute Gasteiger partial charge is 0.491 e. The SMILES string of the molecule is COCCOc1cccc(C(=O)NCCOCC(=O)O)c1. The highest BCUT2D eigenvalue weighted by molar-refractivity contribution is 5.94. The van der Waals surface area contributed by atoms with Crippen LogP contribution in [0.25, 0.3) is 0 Å². The number of hydrogen-bond acceptors (Lipinski definition) is 5. The molecule has 0 aliphatic rings.